The topological polar surface area (TPSA) is 109 Å². The van der Waals surface area contributed by atoms with E-state index in [9.17, 15) is 14.4 Å². The number of carboxylic acids is 1. The number of nitrogens with one attached hydrogen (secondary N) is 1. The molecule has 1 atom stereocenters. The highest BCUT2D eigenvalue weighted by molar-refractivity contribution is 5.83. The summed E-state index contributed by atoms with van der Waals surface area (Å²) in [5.74, 6) is -2.20. The van der Waals surface area contributed by atoms with Crippen molar-refractivity contribution in [3.05, 3.63) is 0 Å². The third kappa shape index (κ3) is 7.58. The molecule has 0 aliphatic carbocycles. The molecular formula is C7H15AlN2O4. The molecule has 0 bridgehead atoms. The van der Waals surface area contributed by atoms with E-state index in [1.54, 1.807) is 0 Å². The van der Waals surface area contributed by atoms with Gasteiger partial charge in [0.1, 0.15) is 6.04 Å². The van der Waals surface area contributed by atoms with Crippen LogP contribution in [-0.4, -0.2) is 46.3 Å². The van der Waals surface area contributed by atoms with E-state index in [4.69, 9.17) is 10.8 Å². The Bertz CT molecular complexity index is 232. The standard InChI is InChI=1S/C7H12N2O4.Al.3H/c1-4(10)9-5(7(12)13)2-3-6(8)11;;;;/h5H,2-3H2,1H3,(H2,8,11)(H,9,10)(H,12,13);;;;. The predicted molar refractivity (Wildman–Crippen MR) is 53.6 cm³/mol. The second kappa shape index (κ2) is 7.36. The molecule has 0 rings (SSSR count). The van der Waals surface area contributed by atoms with E-state index in [2.05, 4.69) is 5.32 Å². The van der Waals surface area contributed by atoms with Crippen LogP contribution < -0.4 is 11.1 Å². The van der Waals surface area contributed by atoms with Crippen molar-refractivity contribution in [2.24, 2.45) is 5.73 Å². The van der Waals surface area contributed by atoms with Gasteiger partial charge >= 0.3 is 5.97 Å². The Morgan fingerprint density at radius 3 is 2.21 bits per heavy atom. The molecule has 80 valence electrons. The maximum atomic E-state index is 10.5. The van der Waals surface area contributed by atoms with Gasteiger partial charge < -0.3 is 16.2 Å². The number of primary amides is 1. The molecule has 0 aromatic carbocycles. The highest BCUT2D eigenvalue weighted by Crippen LogP contribution is 1.96. The van der Waals surface area contributed by atoms with Crippen LogP contribution in [0.2, 0.25) is 0 Å². The molecule has 6 nitrogen and oxygen atoms in total. The van der Waals surface area contributed by atoms with Gasteiger partial charge in [-0.25, -0.2) is 4.79 Å². The molecule has 14 heavy (non-hydrogen) atoms. The number of carbonyl (C=O) groups excluding carboxylic acids is 2. The lowest BCUT2D eigenvalue weighted by Crippen LogP contribution is -2.40. The Hall–Kier alpha value is -1.06. The lowest BCUT2D eigenvalue weighted by atomic mass is 10.1. The summed E-state index contributed by atoms with van der Waals surface area (Å²) in [4.78, 5) is 31.3. The predicted octanol–water partition coefficient (Wildman–Crippen LogP) is -2.34. The zero-order valence-electron chi connectivity index (χ0n) is 7.24. The molecule has 1 unspecified atom stereocenters. The minimum atomic E-state index is -1.17. The van der Waals surface area contributed by atoms with Crippen molar-refractivity contribution in [2.45, 2.75) is 25.8 Å². The number of hydrogen-bond acceptors (Lipinski definition) is 3. The van der Waals surface area contributed by atoms with Crippen molar-refractivity contribution in [2.75, 3.05) is 0 Å². The highest BCUT2D eigenvalue weighted by Gasteiger charge is 2.18. The summed E-state index contributed by atoms with van der Waals surface area (Å²) in [6.45, 7) is 1.21. The van der Waals surface area contributed by atoms with E-state index in [1.165, 1.54) is 6.92 Å². The summed E-state index contributed by atoms with van der Waals surface area (Å²) in [6.07, 6.45) is -0.0402. The Kier molecular flexibility index (Phi) is 8.10. The first kappa shape index (κ1) is 15.4. The first-order chi connectivity index (χ1) is 5.93. The number of amides is 2. The van der Waals surface area contributed by atoms with Crippen LogP contribution in [0, 0.1) is 0 Å². The molecule has 4 N–H and O–H groups in total. The van der Waals surface area contributed by atoms with Crippen LogP contribution in [0.3, 0.4) is 0 Å². The fourth-order valence-electron chi connectivity index (χ4n) is 0.789. The third-order valence-corrected chi connectivity index (χ3v) is 1.36. The van der Waals surface area contributed by atoms with Crippen molar-refractivity contribution in [3.8, 4) is 0 Å². The lowest BCUT2D eigenvalue weighted by Gasteiger charge is -2.11. The first-order valence-corrected chi connectivity index (χ1v) is 3.71. The van der Waals surface area contributed by atoms with Crippen molar-refractivity contribution in [1.82, 2.24) is 5.32 Å². The molecule has 2 amide bonds. The summed E-state index contributed by atoms with van der Waals surface area (Å²) in [7, 11) is 0. The average Bonchev–Trinajstić information content (AvgIpc) is 1.96. The van der Waals surface area contributed by atoms with Crippen LogP contribution in [0.25, 0.3) is 0 Å². The summed E-state index contributed by atoms with van der Waals surface area (Å²) >= 11 is 0. The Balaban J connectivity index is 0. The zero-order valence-corrected chi connectivity index (χ0v) is 7.24. The van der Waals surface area contributed by atoms with E-state index in [-0.39, 0.29) is 30.2 Å². The monoisotopic (exact) mass is 218 g/mol. The minimum Gasteiger partial charge on any atom is -0.480 e. The van der Waals surface area contributed by atoms with Crippen LogP contribution >= 0.6 is 0 Å². The normalized spacial score (nSPS) is 10.9. The number of carbonyl (C=O) groups is 3. The van der Waals surface area contributed by atoms with Crippen molar-refractivity contribution < 1.29 is 19.5 Å². The van der Waals surface area contributed by atoms with Gasteiger partial charge in [0.2, 0.25) is 11.8 Å². The van der Waals surface area contributed by atoms with Gasteiger partial charge in [-0.1, -0.05) is 0 Å². The summed E-state index contributed by atoms with van der Waals surface area (Å²) in [5.41, 5.74) is 4.83. The average molecular weight is 218 g/mol. The van der Waals surface area contributed by atoms with E-state index >= 15 is 0 Å². The largest absolute Gasteiger partial charge is 0.480 e. The van der Waals surface area contributed by atoms with E-state index in [0.29, 0.717) is 0 Å². The van der Waals surface area contributed by atoms with Crippen LogP contribution in [0.5, 0.6) is 0 Å². The van der Waals surface area contributed by atoms with Crippen LogP contribution in [0.4, 0.5) is 0 Å². The van der Waals surface area contributed by atoms with Gasteiger partial charge in [-0.3, -0.25) is 9.59 Å². The minimum absolute atomic E-state index is 0. The number of hydrogen-bond donors (Lipinski definition) is 3. The van der Waals surface area contributed by atoms with Gasteiger partial charge in [-0.15, -0.1) is 0 Å². The SMILES string of the molecule is CC(=O)NC(CCC(N)=O)C(=O)O.[AlH3]. The summed E-state index contributed by atoms with van der Waals surface area (Å²) < 4.78 is 0. The van der Waals surface area contributed by atoms with Crippen LogP contribution in [-0.2, 0) is 14.4 Å². The number of carboxylic acid groups (broad SMARTS) is 1. The van der Waals surface area contributed by atoms with Gasteiger partial charge in [0, 0.05) is 13.3 Å². The lowest BCUT2D eigenvalue weighted by molar-refractivity contribution is -0.141. The molecule has 0 saturated heterocycles. The van der Waals surface area contributed by atoms with Crippen molar-refractivity contribution in [3.63, 3.8) is 0 Å². The molecule has 0 aromatic heterocycles. The molecule has 0 saturated carbocycles. The van der Waals surface area contributed by atoms with E-state index in [0.717, 1.165) is 0 Å². The van der Waals surface area contributed by atoms with Gasteiger partial charge in [-0.05, 0) is 6.42 Å². The zero-order chi connectivity index (χ0) is 10.4. The summed E-state index contributed by atoms with van der Waals surface area (Å²) in [6, 6.07) is -1.04. The van der Waals surface area contributed by atoms with Crippen LogP contribution in [0.15, 0.2) is 0 Å². The Labute approximate surface area is 92.0 Å². The highest BCUT2D eigenvalue weighted by atomic mass is 27.0. The molecular weight excluding hydrogens is 203 g/mol. The molecule has 0 aliphatic rings. The maximum Gasteiger partial charge on any atom is 0.326 e. The molecule has 0 aromatic rings. The molecule has 0 fully saturated rings. The molecule has 0 aliphatic heterocycles. The smallest absolute Gasteiger partial charge is 0.326 e. The van der Waals surface area contributed by atoms with Crippen LogP contribution in [0.1, 0.15) is 19.8 Å². The second-order valence-corrected chi connectivity index (χ2v) is 2.60. The van der Waals surface area contributed by atoms with Gasteiger partial charge in [0.15, 0.2) is 17.4 Å². The fraction of sp³-hybridized carbons (Fsp3) is 0.571. The van der Waals surface area contributed by atoms with Gasteiger partial charge in [-0.2, -0.15) is 0 Å². The maximum absolute atomic E-state index is 10.5. The fourth-order valence-corrected chi connectivity index (χ4v) is 0.789. The number of aliphatic carboxylic acids is 1. The Morgan fingerprint density at radius 2 is 1.93 bits per heavy atom. The van der Waals surface area contributed by atoms with E-state index < -0.39 is 23.8 Å². The number of nitrogens with two attached hydrogens (primary N) is 1. The van der Waals surface area contributed by atoms with E-state index in [1.807, 2.05) is 0 Å². The quantitative estimate of drug-likeness (QED) is 0.449. The third-order valence-electron chi connectivity index (χ3n) is 1.36. The summed E-state index contributed by atoms with van der Waals surface area (Å²) in [5, 5.41) is 10.8. The molecule has 0 spiro atoms. The first-order valence-electron chi connectivity index (χ1n) is 3.71. The molecule has 0 radical (unpaired) electrons. The number of rotatable bonds is 5. The van der Waals surface area contributed by atoms with Gasteiger partial charge in [0.25, 0.3) is 0 Å². The van der Waals surface area contributed by atoms with Crippen molar-refractivity contribution in [1.29, 1.82) is 0 Å². The van der Waals surface area contributed by atoms with Crippen molar-refractivity contribution >= 4 is 35.1 Å². The molecule has 7 heteroatoms. The Morgan fingerprint density at radius 1 is 1.43 bits per heavy atom. The van der Waals surface area contributed by atoms with Gasteiger partial charge in [0.05, 0.1) is 0 Å². The molecule has 0 heterocycles. The second-order valence-electron chi connectivity index (χ2n) is 2.60.